The summed E-state index contributed by atoms with van der Waals surface area (Å²) in [5.41, 5.74) is -0.571. The van der Waals surface area contributed by atoms with Crippen LogP contribution in [0.15, 0.2) is 6.33 Å². The summed E-state index contributed by atoms with van der Waals surface area (Å²) in [5.74, 6) is -6.98. The lowest BCUT2D eigenvalue weighted by atomic mass is 10.1. The molecule has 0 spiro atoms. The van der Waals surface area contributed by atoms with Crippen LogP contribution in [0.25, 0.3) is 0 Å². The summed E-state index contributed by atoms with van der Waals surface area (Å²) in [4.78, 5) is 24.4. The second-order valence-electron chi connectivity index (χ2n) is 4.27. The van der Waals surface area contributed by atoms with Crippen LogP contribution in [-0.2, 0) is 18.0 Å². The molecule has 0 aromatic carbocycles. The molecule has 1 heterocycles. The van der Waals surface area contributed by atoms with Crippen molar-refractivity contribution in [3.05, 3.63) is 22.1 Å². The first-order valence-corrected chi connectivity index (χ1v) is 5.70. The van der Waals surface area contributed by atoms with Gasteiger partial charge in [-0.2, -0.15) is 22.0 Å². The number of imidazole rings is 1. The average molecular weight is 332 g/mol. The number of alkyl halides is 6. The van der Waals surface area contributed by atoms with Gasteiger partial charge in [0.2, 0.25) is 0 Å². The highest BCUT2D eigenvalue weighted by Crippen LogP contribution is 2.38. The third-order valence-electron chi connectivity index (χ3n) is 2.66. The smallest absolute Gasteiger partial charge is 0.358 e. The summed E-state index contributed by atoms with van der Waals surface area (Å²) in [6.45, 7) is -2.14. The number of hydrogen-bond donors (Lipinski definition) is 0. The molecule has 0 aliphatic carbocycles. The summed E-state index contributed by atoms with van der Waals surface area (Å²) in [6, 6.07) is 0. The number of halogens is 6. The van der Waals surface area contributed by atoms with Crippen LogP contribution in [0.2, 0.25) is 0 Å². The lowest BCUT2D eigenvalue weighted by molar-refractivity contribution is -0.392. The van der Waals surface area contributed by atoms with Crippen molar-refractivity contribution in [3.8, 4) is 0 Å². The van der Waals surface area contributed by atoms with Gasteiger partial charge in [0.25, 0.3) is 0 Å². The molecule has 22 heavy (non-hydrogen) atoms. The lowest BCUT2D eigenvalue weighted by Crippen LogP contribution is -2.36. The van der Waals surface area contributed by atoms with Gasteiger partial charge < -0.3 is 10.1 Å². The van der Waals surface area contributed by atoms with Crippen LogP contribution >= 0.6 is 0 Å². The molecule has 1 aromatic heterocycles. The molecular formula is C10H9F6N3O3. The maximum Gasteiger partial charge on any atom is 0.453 e. The second kappa shape index (κ2) is 6.32. The van der Waals surface area contributed by atoms with Crippen molar-refractivity contribution in [1.82, 2.24) is 9.55 Å². The normalized spacial score (nSPS) is 12.5. The molecule has 124 valence electrons. The van der Waals surface area contributed by atoms with E-state index in [0.29, 0.717) is 4.57 Å². The van der Waals surface area contributed by atoms with E-state index in [2.05, 4.69) is 4.98 Å². The van der Waals surface area contributed by atoms with Gasteiger partial charge in [0.1, 0.15) is 6.67 Å². The van der Waals surface area contributed by atoms with Crippen molar-refractivity contribution in [1.29, 1.82) is 0 Å². The zero-order valence-corrected chi connectivity index (χ0v) is 10.7. The van der Waals surface area contributed by atoms with Crippen LogP contribution in [0.3, 0.4) is 0 Å². The Morgan fingerprint density at radius 3 is 2.36 bits per heavy atom. The molecule has 0 atom stereocenters. The Kier molecular flexibility index (Phi) is 5.14. The summed E-state index contributed by atoms with van der Waals surface area (Å²) >= 11 is 0. The molecular weight excluding hydrogens is 323 g/mol. The number of nitro groups is 1. The summed E-state index contributed by atoms with van der Waals surface area (Å²) < 4.78 is 74.1. The van der Waals surface area contributed by atoms with E-state index in [1.807, 2.05) is 0 Å². The lowest BCUT2D eigenvalue weighted by Gasteiger charge is -2.18. The number of ketones is 1. The fourth-order valence-corrected chi connectivity index (χ4v) is 1.54. The van der Waals surface area contributed by atoms with Crippen LogP contribution in [0, 0.1) is 10.1 Å². The minimum atomic E-state index is -5.78. The molecule has 0 radical (unpaired) electrons. The van der Waals surface area contributed by atoms with Gasteiger partial charge in [0.15, 0.2) is 24.3 Å². The van der Waals surface area contributed by atoms with E-state index in [-0.39, 0.29) is 0 Å². The van der Waals surface area contributed by atoms with Gasteiger partial charge in [-0.05, 0) is 4.92 Å². The van der Waals surface area contributed by atoms with Crippen molar-refractivity contribution >= 4 is 11.6 Å². The molecule has 0 saturated carbocycles. The van der Waals surface area contributed by atoms with E-state index >= 15 is 0 Å². The average Bonchev–Trinajstić information content (AvgIpc) is 2.78. The fraction of sp³-hybridized carbons (Fsp3) is 0.600. The van der Waals surface area contributed by atoms with Gasteiger partial charge in [0.05, 0.1) is 0 Å². The molecule has 0 amide bonds. The molecule has 0 aliphatic heterocycles. The van der Waals surface area contributed by atoms with Gasteiger partial charge >= 0.3 is 17.9 Å². The van der Waals surface area contributed by atoms with E-state index in [1.54, 1.807) is 0 Å². The van der Waals surface area contributed by atoms with Crippen LogP contribution in [-0.4, -0.2) is 32.4 Å². The zero-order valence-electron chi connectivity index (χ0n) is 10.7. The van der Waals surface area contributed by atoms with Crippen molar-refractivity contribution in [3.63, 3.8) is 0 Å². The van der Waals surface area contributed by atoms with Gasteiger partial charge in [-0.15, -0.1) is 0 Å². The predicted molar refractivity (Wildman–Crippen MR) is 58.9 cm³/mol. The molecule has 0 aliphatic rings. The van der Waals surface area contributed by atoms with Gasteiger partial charge in [-0.1, -0.05) is 0 Å². The van der Waals surface area contributed by atoms with Crippen LogP contribution < -0.4 is 0 Å². The summed E-state index contributed by atoms with van der Waals surface area (Å²) in [7, 11) is 0. The maximum atomic E-state index is 12.6. The first-order chi connectivity index (χ1) is 9.99. The molecule has 0 bridgehead atoms. The van der Waals surface area contributed by atoms with Crippen molar-refractivity contribution in [2.45, 2.75) is 38.2 Å². The number of aromatic nitrogens is 2. The molecule has 0 unspecified atom stereocenters. The van der Waals surface area contributed by atoms with E-state index < -0.39 is 60.4 Å². The Morgan fingerprint density at radius 2 is 1.91 bits per heavy atom. The van der Waals surface area contributed by atoms with E-state index in [1.165, 1.54) is 0 Å². The van der Waals surface area contributed by atoms with Crippen LogP contribution in [0.4, 0.5) is 32.2 Å². The minimum Gasteiger partial charge on any atom is -0.358 e. The largest absolute Gasteiger partial charge is 0.453 e. The van der Waals surface area contributed by atoms with Crippen molar-refractivity contribution in [2.75, 3.05) is 0 Å². The molecule has 12 heteroatoms. The first kappa shape index (κ1) is 17.9. The third kappa shape index (κ3) is 3.95. The maximum absolute atomic E-state index is 12.6. The highest BCUT2D eigenvalue weighted by Gasteiger charge is 2.56. The standard InChI is InChI=1S/C10H9F6N3O3/c11-3-7-8(19(21)22)18(5-17-7)4-6(20)1-2-9(12,13)10(14,15)16/h5H,1-4H2/i11-1. The molecule has 0 saturated heterocycles. The van der Waals surface area contributed by atoms with Crippen LogP contribution in [0.5, 0.6) is 0 Å². The number of Topliss-reactive ketones (excluding diaryl/α,β-unsaturated/α-hetero) is 1. The highest BCUT2D eigenvalue weighted by atomic mass is 19.4. The summed E-state index contributed by atoms with van der Waals surface area (Å²) in [6.07, 6.45) is -7.96. The Balaban J connectivity index is 2.75. The predicted octanol–water partition coefficient (Wildman–Crippen LogP) is 2.81. The molecule has 6 nitrogen and oxygen atoms in total. The van der Waals surface area contributed by atoms with Crippen molar-refractivity contribution < 1.29 is 36.1 Å². The van der Waals surface area contributed by atoms with Crippen molar-refractivity contribution in [2.24, 2.45) is 0 Å². The van der Waals surface area contributed by atoms with Crippen LogP contribution in [0.1, 0.15) is 18.5 Å². The fourth-order valence-electron chi connectivity index (χ4n) is 1.54. The summed E-state index contributed by atoms with van der Waals surface area (Å²) in [5, 5.41) is 10.7. The number of hydrogen-bond acceptors (Lipinski definition) is 4. The minimum absolute atomic E-state index is 0.571. The third-order valence-corrected chi connectivity index (χ3v) is 2.66. The van der Waals surface area contributed by atoms with Gasteiger partial charge in [0, 0.05) is 12.8 Å². The molecule has 0 N–H and O–H groups in total. The number of rotatable bonds is 7. The second-order valence-corrected chi connectivity index (χ2v) is 4.27. The molecule has 1 rings (SSSR count). The molecule has 0 fully saturated rings. The quantitative estimate of drug-likeness (QED) is 0.437. The topological polar surface area (TPSA) is 78.0 Å². The number of carbonyl (C=O) groups is 1. The Hall–Kier alpha value is -2.14. The van der Waals surface area contributed by atoms with E-state index in [4.69, 9.17) is 0 Å². The van der Waals surface area contributed by atoms with Gasteiger partial charge in [-0.25, -0.2) is 13.9 Å². The van der Waals surface area contributed by atoms with E-state index in [9.17, 15) is 41.3 Å². The highest BCUT2D eigenvalue weighted by molar-refractivity contribution is 5.78. The number of nitrogens with zero attached hydrogens (tertiary/aromatic N) is 3. The SMILES string of the molecule is O=C(CCC(F)(F)C(F)(F)F)Cn1cnc(C[18F])c1[N+](=O)[O-]. The van der Waals surface area contributed by atoms with E-state index in [0.717, 1.165) is 6.33 Å². The Morgan fingerprint density at radius 1 is 1.32 bits per heavy atom. The zero-order chi connectivity index (χ0) is 17.1. The first-order valence-electron chi connectivity index (χ1n) is 5.70. The van der Waals surface area contributed by atoms with Gasteiger partial charge in [-0.3, -0.25) is 4.79 Å². The number of carbonyl (C=O) groups excluding carboxylic acids is 1. The molecule has 1 aromatic rings. The Labute approximate surface area is 118 Å². The monoisotopic (exact) mass is 332 g/mol. The Bertz CT molecular complexity index is 569.